The number of carboxylic acid groups (broad SMARTS) is 1. The fourth-order valence-electron chi connectivity index (χ4n) is 7.30. The quantitative estimate of drug-likeness (QED) is 0.0572. The van der Waals surface area contributed by atoms with Crippen LogP contribution < -0.4 is 26.4 Å². The first-order valence-corrected chi connectivity index (χ1v) is 17.4. The van der Waals surface area contributed by atoms with Crippen LogP contribution in [0.1, 0.15) is 15.9 Å². The number of hydrogen-bond donors (Lipinski definition) is 1. The molecule has 0 aliphatic carbocycles. The molecule has 7 aromatic rings. The van der Waals surface area contributed by atoms with Gasteiger partial charge in [0.25, 0.3) is 0 Å². The maximum absolute atomic E-state index is 15.4. The maximum atomic E-state index is 15.4. The lowest BCUT2D eigenvalue weighted by Gasteiger charge is -2.44. The van der Waals surface area contributed by atoms with Crippen LogP contribution in [0.15, 0.2) is 66.9 Å². The Balaban J connectivity index is 0.000000289. The third kappa shape index (κ3) is 7.33. The Labute approximate surface area is 347 Å². The van der Waals surface area contributed by atoms with E-state index in [-0.39, 0.29) is 0 Å². The first kappa shape index (κ1) is 47.3. The van der Waals surface area contributed by atoms with E-state index in [0.717, 1.165) is 16.5 Å². The summed E-state index contributed by atoms with van der Waals surface area (Å²) in [5.41, 5.74) is -12.1. The van der Waals surface area contributed by atoms with Gasteiger partial charge in [0.2, 0.25) is 5.52 Å². The van der Waals surface area contributed by atoms with E-state index in [1.807, 2.05) is 59.3 Å². The van der Waals surface area contributed by atoms with Crippen LogP contribution in [-0.4, -0.2) is 17.2 Å². The molecule has 0 spiro atoms. The van der Waals surface area contributed by atoms with Crippen LogP contribution >= 0.6 is 0 Å². The second-order valence-corrected chi connectivity index (χ2v) is 13.5. The first-order valence-electron chi connectivity index (χ1n) is 17.4. The normalized spacial score (nSPS) is 11.6. The van der Waals surface area contributed by atoms with E-state index in [1.165, 1.54) is 0 Å². The number of fused-ring (bicyclic) bond motifs is 1. The van der Waals surface area contributed by atoms with Gasteiger partial charge in [0, 0.05) is 17.0 Å². The molecule has 1 heterocycles. The average Bonchev–Trinajstić information content (AvgIpc) is 3.29. The van der Waals surface area contributed by atoms with Crippen LogP contribution in [0, 0.1) is 116 Å². The third-order valence-electron chi connectivity index (χ3n) is 10.0. The van der Waals surface area contributed by atoms with Gasteiger partial charge in [-0.3, -0.25) is 0 Å². The molecule has 24 heteroatoms. The van der Waals surface area contributed by atoms with E-state index in [0.29, 0.717) is 12.1 Å². The van der Waals surface area contributed by atoms with Crippen LogP contribution in [0.4, 0.5) is 87.8 Å². The smallest absolute Gasteiger partial charge is 0.342 e. The second-order valence-electron chi connectivity index (χ2n) is 13.5. The van der Waals surface area contributed by atoms with Gasteiger partial charge in [-0.15, -0.1) is 21.9 Å². The summed E-state index contributed by atoms with van der Waals surface area (Å²) >= 11 is 0. The van der Waals surface area contributed by atoms with Crippen molar-refractivity contribution < 1.29 is 102 Å². The summed E-state index contributed by atoms with van der Waals surface area (Å²) < 4.78 is 296. The minimum atomic E-state index is -7.22. The number of rotatable bonds is 7. The Morgan fingerprint density at radius 3 is 0.985 bits per heavy atom. The van der Waals surface area contributed by atoms with E-state index in [4.69, 9.17) is 0 Å². The van der Waals surface area contributed by atoms with Gasteiger partial charge in [0.1, 0.15) is 58.2 Å². The van der Waals surface area contributed by atoms with Crippen LogP contribution in [0.2, 0.25) is 0 Å². The highest BCUT2D eigenvalue weighted by atomic mass is 19.2. The summed E-state index contributed by atoms with van der Waals surface area (Å²) in [7, 11) is 0. The number of para-hydroxylation sites is 1. The van der Waals surface area contributed by atoms with Crippen molar-refractivity contribution in [2.24, 2.45) is 0 Å². The summed E-state index contributed by atoms with van der Waals surface area (Å²) in [5, 5.41) is 10.3. The molecule has 3 nitrogen and oxygen atoms in total. The Kier molecular flexibility index (Phi) is 12.7. The fourth-order valence-corrected chi connectivity index (χ4v) is 7.30. The molecule has 0 aliphatic rings. The second kappa shape index (κ2) is 17.4. The fraction of sp³-hybridized carbons (Fsp3) is 0.0244. The molecule has 0 atom stereocenters. The molecule has 65 heavy (non-hydrogen) atoms. The molecule has 7 rings (SSSR count). The molecular weight excluding hydrogens is 929 g/mol. The van der Waals surface area contributed by atoms with Crippen molar-refractivity contribution in [1.82, 2.24) is 0 Å². The maximum Gasteiger partial charge on any atom is 0.342 e. The molecule has 0 saturated carbocycles. The summed E-state index contributed by atoms with van der Waals surface area (Å²) in [4.78, 5) is 11.4. The number of nitrogens with zero attached hydrogens (tertiary/aromatic N) is 1. The lowest BCUT2D eigenvalue weighted by molar-refractivity contribution is -0.662. The largest absolute Gasteiger partial charge is 0.477 e. The van der Waals surface area contributed by atoms with Crippen molar-refractivity contribution in [2.45, 2.75) is 6.54 Å². The SMILES string of the molecule is Fc1c(F)c(F)c([B-](c2c(F)c(F)c(F)c(F)c2F)(c2c(F)c(F)c(F)c(F)c2F)c2c(F)c(F)c(F)c(F)c2F)c(F)c1F.O=C(O)c1cccc2ccc[n+](Cc3ccccc3)c12. The third-order valence-corrected chi connectivity index (χ3v) is 10.0. The molecule has 0 fully saturated rings. The molecule has 0 amide bonds. The van der Waals surface area contributed by atoms with E-state index >= 15 is 35.1 Å². The van der Waals surface area contributed by atoms with E-state index in [1.54, 1.807) is 12.1 Å². The Morgan fingerprint density at radius 1 is 0.385 bits per heavy atom. The number of aromatic carboxylic acids is 1. The highest BCUT2D eigenvalue weighted by Crippen LogP contribution is 2.31. The molecule has 1 aromatic heterocycles. The molecular formula is C41H14BF20NO2. The lowest BCUT2D eigenvalue weighted by Crippen LogP contribution is -2.81. The number of pyridine rings is 1. The summed E-state index contributed by atoms with van der Waals surface area (Å²) in [6.07, 6.45) is -5.30. The van der Waals surface area contributed by atoms with Gasteiger partial charge >= 0.3 is 5.97 Å². The zero-order valence-corrected chi connectivity index (χ0v) is 31.0. The lowest BCUT2D eigenvalue weighted by atomic mass is 9.12. The van der Waals surface area contributed by atoms with Gasteiger partial charge in [-0.1, -0.05) is 36.4 Å². The molecule has 0 saturated heterocycles. The van der Waals surface area contributed by atoms with Crippen molar-refractivity contribution in [3.8, 4) is 0 Å². The molecule has 0 radical (unpaired) electrons. The van der Waals surface area contributed by atoms with E-state index < -0.39 is 150 Å². The molecule has 0 bridgehead atoms. The number of benzene rings is 6. The highest BCUT2D eigenvalue weighted by molar-refractivity contribution is 7.20. The monoisotopic (exact) mass is 943 g/mol. The zero-order valence-electron chi connectivity index (χ0n) is 31.0. The van der Waals surface area contributed by atoms with Crippen LogP contribution in [0.3, 0.4) is 0 Å². The van der Waals surface area contributed by atoms with Crippen molar-refractivity contribution in [3.63, 3.8) is 0 Å². The first-order chi connectivity index (χ1) is 30.5. The van der Waals surface area contributed by atoms with E-state index in [2.05, 4.69) is 0 Å². The number of halogens is 20. The predicted octanol–water partition coefficient (Wildman–Crippen LogP) is 8.72. The topological polar surface area (TPSA) is 41.2 Å². The van der Waals surface area contributed by atoms with Crippen LogP contribution in [-0.2, 0) is 6.54 Å². The number of hydrogen-bond acceptors (Lipinski definition) is 1. The van der Waals surface area contributed by atoms with Gasteiger partial charge < -0.3 is 5.11 Å². The van der Waals surface area contributed by atoms with E-state index in [9.17, 15) is 62.6 Å². The zero-order chi connectivity index (χ0) is 48.3. The Morgan fingerprint density at radius 2 is 0.677 bits per heavy atom. The molecule has 1 N–H and O–H groups in total. The van der Waals surface area contributed by atoms with Gasteiger partial charge in [-0.05, 0) is 18.2 Å². The number of carbonyl (C=O) groups is 1. The van der Waals surface area contributed by atoms with Gasteiger partial charge in [-0.25, -0.2) is 92.6 Å². The van der Waals surface area contributed by atoms with Crippen LogP contribution in [0.5, 0.6) is 0 Å². The van der Waals surface area contributed by atoms with Crippen molar-refractivity contribution in [1.29, 1.82) is 0 Å². The summed E-state index contributed by atoms with van der Waals surface area (Å²) in [6.45, 7) is 0.655. The highest BCUT2D eigenvalue weighted by Gasteiger charge is 2.52. The Hall–Kier alpha value is -7.14. The number of aromatic nitrogens is 1. The van der Waals surface area contributed by atoms with Crippen LogP contribution in [0.25, 0.3) is 10.9 Å². The minimum absolute atomic E-state index is 0.332. The molecule has 338 valence electrons. The summed E-state index contributed by atoms with van der Waals surface area (Å²) in [5.74, 6) is -72.3. The number of carboxylic acids is 1. The standard InChI is InChI=1S/C24BF20.C17H13NO2/c26-5-1(6(27)14(35)21(42)13(5)34)25(2-7(28)15(36)22(43)16(37)8(2)29,3-9(30)17(38)23(44)18(39)10(3)31)4-11(32)19(40)24(45)20(41)12(4)33;19-17(20)15-10-4-8-14-9-5-11-18(16(14)15)12-13-6-2-1-3-7-13/h;1-11H,12H2/q-1;/p+1. The molecule has 6 aromatic carbocycles. The Bertz CT molecular complexity index is 2730. The van der Waals surface area contributed by atoms with Crippen molar-refractivity contribution in [2.75, 3.05) is 0 Å². The average molecular weight is 943 g/mol. The van der Waals surface area contributed by atoms with Crippen molar-refractivity contribution in [3.05, 3.63) is 194 Å². The van der Waals surface area contributed by atoms with Gasteiger partial charge in [0.05, 0.1) is 0 Å². The minimum Gasteiger partial charge on any atom is -0.477 e. The van der Waals surface area contributed by atoms with Crippen molar-refractivity contribution >= 4 is 44.9 Å². The summed E-state index contributed by atoms with van der Waals surface area (Å²) in [6, 6.07) is 19.2. The van der Waals surface area contributed by atoms with Gasteiger partial charge in [0.15, 0.2) is 82.5 Å². The van der Waals surface area contributed by atoms with Gasteiger partial charge in [-0.2, -0.15) is 4.57 Å². The molecule has 0 unspecified atom stereocenters. The predicted molar refractivity (Wildman–Crippen MR) is 186 cm³/mol. The molecule has 0 aliphatic heterocycles.